The first-order chi connectivity index (χ1) is 8.63. The van der Waals surface area contributed by atoms with E-state index in [2.05, 4.69) is 6.92 Å². The normalized spacial score (nSPS) is 19.2. The third-order valence-electron chi connectivity index (χ3n) is 3.52. The molecule has 1 atom stereocenters. The van der Waals surface area contributed by atoms with Gasteiger partial charge >= 0.3 is 5.97 Å². The Labute approximate surface area is 106 Å². The first kappa shape index (κ1) is 12.9. The molecule has 2 rings (SSSR count). The molecule has 1 N–H and O–H groups in total. The number of carboxylic acid groups (broad SMARTS) is 1. The van der Waals surface area contributed by atoms with Crippen molar-refractivity contribution in [2.75, 3.05) is 18.0 Å². The average Bonchev–Trinajstić information content (AvgIpc) is 2.77. The number of aromatic carboxylic acids is 1. The summed E-state index contributed by atoms with van der Waals surface area (Å²) in [5, 5.41) is 9.13. The van der Waals surface area contributed by atoms with E-state index in [4.69, 9.17) is 5.11 Å². The van der Waals surface area contributed by atoms with Gasteiger partial charge in [0.25, 0.3) is 0 Å². The second-order valence-corrected chi connectivity index (χ2v) is 4.83. The van der Waals surface area contributed by atoms with Crippen molar-refractivity contribution in [3.8, 4) is 0 Å². The minimum Gasteiger partial charge on any atom is -0.478 e. The van der Waals surface area contributed by atoms with Crippen LogP contribution in [0.4, 0.5) is 10.1 Å². The molecule has 0 aliphatic carbocycles. The molecular weight excluding hydrogens is 233 g/mol. The van der Waals surface area contributed by atoms with E-state index in [0.717, 1.165) is 32.4 Å². The van der Waals surface area contributed by atoms with Gasteiger partial charge in [0, 0.05) is 13.1 Å². The summed E-state index contributed by atoms with van der Waals surface area (Å²) in [5.74, 6) is -0.952. The Morgan fingerprint density at radius 2 is 2.33 bits per heavy atom. The van der Waals surface area contributed by atoms with E-state index in [0.29, 0.717) is 5.92 Å². The van der Waals surface area contributed by atoms with Gasteiger partial charge in [0.1, 0.15) is 5.82 Å². The molecule has 1 aliphatic rings. The van der Waals surface area contributed by atoms with Crippen LogP contribution >= 0.6 is 0 Å². The minimum atomic E-state index is -1.07. The Morgan fingerprint density at radius 3 is 3.00 bits per heavy atom. The number of carbonyl (C=O) groups is 1. The number of halogens is 1. The summed E-state index contributed by atoms with van der Waals surface area (Å²) < 4.78 is 13.9. The van der Waals surface area contributed by atoms with Crippen molar-refractivity contribution in [3.05, 3.63) is 29.6 Å². The maximum Gasteiger partial charge on any atom is 0.337 e. The molecule has 1 aromatic rings. The summed E-state index contributed by atoms with van der Waals surface area (Å²) in [6.45, 7) is 3.63. The Bertz CT molecular complexity index is 447. The summed E-state index contributed by atoms with van der Waals surface area (Å²) in [6.07, 6.45) is 3.25. The maximum atomic E-state index is 13.9. The minimum absolute atomic E-state index is 0.0622. The van der Waals surface area contributed by atoms with Crippen molar-refractivity contribution in [1.29, 1.82) is 0 Å². The highest BCUT2D eigenvalue weighted by Crippen LogP contribution is 2.31. The molecular formula is C14H18FNO2. The molecule has 0 saturated carbocycles. The van der Waals surface area contributed by atoms with Gasteiger partial charge < -0.3 is 10.0 Å². The van der Waals surface area contributed by atoms with E-state index in [-0.39, 0.29) is 11.3 Å². The Kier molecular flexibility index (Phi) is 3.84. The van der Waals surface area contributed by atoms with Crippen LogP contribution in [0.25, 0.3) is 0 Å². The summed E-state index contributed by atoms with van der Waals surface area (Å²) in [5.41, 5.74) is 0.316. The van der Waals surface area contributed by atoms with Gasteiger partial charge in [-0.25, -0.2) is 9.18 Å². The number of nitrogens with zero attached hydrogens (tertiary/aromatic N) is 1. The van der Waals surface area contributed by atoms with E-state index in [1.54, 1.807) is 0 Å². The number of para-hydroxylation sites is 1. The Balaban J connectivity index is 2.26. The zero-order valence-electron chi connectivity index (χ0n) is 10.5. The fourth-order valence-corrected chi connectivity index (χ4v) is 2.69. The van der Waals surface area contributed by atoms with Crippen molar-refractivity contribution < 1.29 is 14.3 Å². The molecule has 0 radical (unpaired) electrons. The maximum absolute atomic E-state index is 13.9. The van der Waals surface area contributed by atoms with Crippen molar-refractivity contribution in [2.24, 2.45) is 5.92 Å². The van der Waals surface area contributed by atoms with Crippen LogP contribution in [0.2, 0.25) is 0 Å². The van der Waals surface area contributed by atoms with Crippen LogP contribution in [0.5, 0.6) is 0 Å². The third-order valence-corrected chi connectivity index (χ3v) is 3.52. The van der Waals surface area contributed by atoms with Gasteiger partial charge in [0.2, 0.25) is 0 Å². The fraction of sp³-hybridized carbons (Fsp3) is 0.500. The highest BCUT2D eigenvalue weighted by molar-refractivity contribution is 5.94. The number of hydrogen-bond acceptors (Lipinski definition) is 2. The molecule has 1 heterocycles. The fourth-order valence-electron chi connectivity index (χ4n) is 2.69. The van der Waals surface area contributed by atoms with Crippen LogP contribution in [-0.4, -0.2) is 24.2 Å². The standard InChI is InChI=1S/C14H18FNO2/c1-2-4-10-7-8-16(9-10)13-11(14(17)18)5-3-6-12(13)15/h3,5-6,10H,2,4,7-9H2,1H3,(H,17,18). The molecule has 0 spiro atoms. The molecule has 0 aromatic heterocycles. The van der Waals surface area contributed by atoms with Gasteiger partial charge in [0.05, 0.1) is 11.3 Å². The third kappa shape index (κ3) is 2.47. The lowest BCUT2D eigenvalue weighted by molar-refractivity contribution is 0.0697. The molecule has 4 heteroatoms. The SMILES string of the molecule is CCCC1CCN(c2c(F)cccc2C(=O)O)C1. The lowest BCUT2D eigenvalue weighted by Gasteiger charge is -2.21. The van der Waals surface area contributed by atoms with Crippen LogP contribution in [0.1, 0.15) is 36.5 Å². The first-order valence-corrected chi connectivity index (χ1v) is 6.40. The summed E-state index contributed by atoms with van der Waals surface area (Å²) >= 11 is 0. The first-order valence-electron chi connectivity index (χ1n) is 6.40. The molecule has 1 saturated heterocycles. The number of hydrogen-bond donors (Lipinski definition) is 1. The smallest absolute Gasteiger partial charge is 0.337 e. The summed E-state index contributed by atoms with van der Waals surface area (Å²) in [7, 11) is 0. The van der Waals surface area contributed by atoms with Gasteiger partial charge in [-0.05, 0) is 30.9 Å². The van der Waals surface area contributed by atoms with Crippen LogP contribution in [0, 0.1) is 11.7 Å². The van der Waals surface area contributed by atoms with E-state index in [9.17, 15) is 9.18 Å². The van der Waals surface area contributed by atoms with Crippen molar-refractivity contribution in [2.45, 2.75) is 26.2 Å². The van der Waals surface area contributed by atoms with E-state index >= 15 is 0 Å². The van der Waals surface area contributed by atoms with Crippen molar-refractivity contribution in [3.63, 3.8) is 0 Å². The second-order valence-electron chi connectivity index (χ2n) is 4.83. The zero-order valence-corrected chi connectivity index (χ0v) is 10.5. The van der Waals surface area contributed by atoms with Gasteiger partial charge in [-0.2, -0.15) is 0 Å². The molecule has 1 aromatic carbocycles. The predicted molar refractivity (Wildman–Crippen MR) is 68.6 cm³/mol. The van der Waals surface area contributed by atoms with Crippen LogP contribution < -0.4 is 4.90 Å². The highest BCUT2D eigenvalue weighted by atomic mass is 19.1. The Hall–Kier alpha value is -1.58. The topological polar surface area (TPSA) is 40.5 Å². The second kappa shape index (κ2) is 5.38. The average molecular weight is 251 g/mol. The molecule has 1 aliphatic heterocycles. The van der Waals surface area contributed by atoms with Gasteiger partial charge in [-0.15, -0.1) is 0 Å². The zero-order chi connectivity index (χ0) is 13.1. The lowest BCUT2D eigenvalue weighted by atomic mass is 10.0. The van der Waals surface area contributed by atoms with Gasteiger partial charge in [0.15, 0.2) is 0 Å². The number of anilines is 1. The monoisotopic (exact) mass is 251 g/mol. The molecule has 98 valence electrons. The lowest BCUT2D eigenvalue weighted by Crippen LogP contribution is -2.23. The Morgan fingerprint density at radius 1 is 1.56 bits per heavy atom. The molecule has 18 heavy (non-hydrogen) atoms. The summed E-state index contributed by atoms with van der Waals surface area (Å²) in [6, 6.07) is 4.24. The molecule has 0 amide bonds. The molecule has 0 bridgehead atoms. The largest absolute Gasteiger partial charge is 0.478 e. The van der Waals surface area contributed by atoms with Crippen LogP contribution in [0.3, 0.4) is 0 Å². The number of carboxylic acids is 1. The van der Waals surface area contributed by atoms with Gasteiger partial charge in [-0.1, -0.05) is 19.4 Å². The van der Waals surface area contributed by atoms with Crippen LogP contribution in [-0.2, 0) is 0 Å². The van der Waals surface area contributed by atoms with Gasteiger partial charge in [-0.3, -0.25) is 0 Å². The predicted octanol–water partition coefficient (Wildman–Crippen LogP) is 3.15. The molecule has 1 fully saturated rings. The quantitative estimate of drug-likeness (QED) is 0.893. The van der Waals surface area contributed by atoms with Crippen molar-refractivity contribution >= 4 is 11.7 Å². The van der Waals surface area contributed by atoms with E-state index in [1.807, 2.05) is 4.90 Å². The van der Waals surface area contributed by atoms with E-state index in [1.165, 1.54) is 18.2 Å². The summed E-state index contributed by atoms with van der Waals surface area (Å²) in [4.78, 5) is 13.0. The number of benzene rings is 1. The van der Waals surface area contributed by atoms with Crippen molar-refractivity contribution in [1.82, 2.24) is 0 Å². The van der Waals surface area contributed by atoms with E-state index < -0.39 is 11.8 Å². The number of rotatable bonds is 4. The van der Waals surface area contributed by atoms with Crippen LogP contribution in [0.15, 0.2) is 18.2 Å². The molecule has 3 nitrogen and oxygen atoms in total. The highest BCUT2D eigenvalue weighted by Gasteiger charge is 2.27. The molecule has 1 unspecified atom stereocenters.